The number of aromatic nitrogens is 14. The van der Waals surface area contributed by atoms with Crippen molar-refractivity contribution in [3.63, 3.8) is 0 Å². The van der Waals surface area contributed by atoms with Gasteiger partial charge in [0.2, 0.25) is 47.5 Å². The summed E-state index contributed by atoms with van der Waals surface area (Å²) < 4.78 is 0. The zero-order valence-electron chi connectivity index (χ0n) is 84.8. The molecule has 129 heavy (non-hydrogen) atoms. The van der Waals surface area contributed by atoms with E-state index in [1.165, 1.54) is 0 Å². The highest BCUT2D eigenvalue weighted by Crippen LogP contribution is 2.27. The Hall–Kier alpha value is -9.30. The molecule has 14 heterocycles. The van der Waals surface area contributed by atoms with Gasteiger partial charge < -0.3 is 58.8 Å². The highest BCUT2D eigenvalue weighted by atomic mass is 16.2. The van der Waals surface area contributed by atoms with Gasteiger partial charge in [-0.1, -0.05) is 96.9 Å². The van der Waals surface area contributed by atoms with Crippen LogP contribution >= 0.6 is 0 Å². The summed E-state index contributed by atoms with van der Waals surface area (Å²) in [6.45, 7) is 78.5. The van der Waals surface area contributed by atoms with Crippen LogP contribution in [0.4, 0.5) is 46.4 Å². The number of hydrogen-bond donors (Lipinski definition) is 0. The van der Waals surface area contributed by atoms with Gasteiger partial charge in [0.1, 0.15) is 0 Å². The normalized spacial score (nSPS) is 20.0. The molecule has 0 saturated carbocycles. The van der Waals surface area contributed by atoms with Gasteiger partial charge in [0, 0.05) is 290 Å². The highest BCUT2D eigenvalue weighted by Gasteiger charge is 2.33. The number of nitrogens with zero attached hydrogens (tertiary/aromatic N) is 29. The predicted molar refractivity (Wildman–Crippen MR) is 529 cm³/mol. The summed E-state index contributed by atoms with van der Waals surface area (Å²) in [6, 6.07) is 18.6. The molecule has 7 aliphatic heterocycles. The Morgan fingerprint density at radius 2 is 0.605 bits per heavy atom. The van der Waals surface area contributed by atoms with Gasteiger partial charge in [-0.3, -0.25) is 19.5 Å². The maximum atomic E-state index is 11.9. The van der Waals surface area contributed by atoms with E-state index in [9.17, 15) is 9.59 Å². The summed E-state index contributed by atoms with van der Waals surface area (Å²) in [5.74, 6) is 9.09. The van der Waals surface area contributed by atoms with Crippen LogP contribution in [-0.4, -0.2) is 348 Å². The van der Waals surface area contributed by atoms with Crippen molar-refractivity contribution in [1.82, 2.24) is 109 Å². The average molecular weight is 1780 g/mol. The third-order valence-electron chi connectivity index (χ3n) is 25.4. The summed E-state index contributed by atoms with van der Waals surface area (Å²) in [7, 11) is 7.91. The third kappa shape index (κ3) is 31.5. The van der Waals surface area contributed by atoms with Crippen molar-refractivity contribution >= 4 is 53.6 Å². The van der Waals surface area contributed by atoms with Crippen LogP contribution in [0.3, 0.4) is 0 Å². The number of carbonyl (C=O) groups excluding carboxylic acids is 2. The first kappa shape index (κ1) is 105. The molecule has 0 unspecified atom stereocenters. The van der Waals surface area contributed by atoms with E-state index in [2.05, 4.69) is 296 Å². The van der Waals surface area contributed by atoms with E-state index in [1.807, 2.05) is 101 Å². The topological polar surface area (TPSA) is 263 Å². The van der Waals surface area contributed by atoms with E-state index < -0.39 is 0 Å². The van der Waals surface area contributed by atoms with Crippen molar-refractivity contribution in [2.24, 2.45) is 0 Å². The quantitative estimate of drug-likeness (QED) is 0.0773. The first-order chi connectivity index (χ1) is 61.2. The molecule has 0 aromatic carbocycles. The molecule has 0 spiro atoms. The molecule has 14 rings (SSSR count). The fraction of sp³-hybridized carbons (Fsp3) is 0.694. The monoisotopic (exact) mass is 1780 g/mol. The number of piperazine rings is 7. The standard InChI is InChI=1S/3C15H26N4.C14H23N5O.C13H20N4O.2C13H22N4/c2*1-11(2)14-6-7-16-15(17-14)18-8-9-19(12(3)4)13(5)10-18;1-11(2)14-6-7-16-15(17-14)19-9-8-18(12(3)4)10-13(19)5;1-11(2)12-5-6-15-13(16-12)18-7-9-19(10-8-18)14(20)17(3)4;1-4-16-7-8-17(9-12(16)18)13-14-6-5-11(15-13)10(2)3;2*1-10(2)12-5-6-14-13(15-12)17-8-7-16(4)11(3)9-17/h3*6-7,11-13H,8-10H2,1-5H3;5-6,11H,7-10H2,1-4H3;5-6,10H,4,7-9H2,1-3H3;2*5-6,10-11H,7-9H2,1-4H3/t3*13-;;;2*11-/m100..10/s1. The van der Waals surface area contributed by atoms with Crippen molar-refractivity contribution in [2.45, 2.75) is 270 Å². The Balaban J connectivity index is 0.000000186. The van der Waals surface area contributed by atoms with Crippen molar-refractivity contribution in [2.75, 3.05) is 213 Å². The van der Waals surface area contributed by atoms with Crippen molar-refractivity contribution < 1.29 is 9.59 Å². The number of hydrogen-bond acceptors (Lipinski definition) is 28. The zero-order chi connectivity index (χ0) is 94.6. The second-order valence-electron chi connectivity index (χ2n) is 39.0. The van der Waals surface area contributed by atoms with Crippen LogP contribution in [0.2, 0.25) is 0 Å². The van der Waals surface area contributed by atoms with E-state index >= 15 is 0 Å². The van der Waals surface area contributed by atoms with Gasteiger partial charge in [0.05, 0.1) is 6.54 Å². The Morgan fingerprint density at radius 1 is 0.326 bits per heavy atom. The van der Waals surface area contributed by atoms with E-state index in [0.29, 0.717) is 115 Å². The van der Waals surface area contributed by atoms with E-state index in [-0.39, 0.29) is 11.9 Å². The molecule has 7 saturated heterocycles. The number of carbonyl (C=O) groups is 2. The van der Waals surface area contributed by atoms with Crippen LogP contribution in [0.15, 0.2) is 85.8 Å². The van der Waals surface area contributed by atoms with E-state index in [0.717, 1.165) is 206 Å². The average Bonchev–Trinajstić information content (AvgIpc) is 0.835. The number of rotatable bonds is 18. The Kier molecular flexibility index (Phi) is 41.5. The van der Waals surface area contributed by atoms with Gasteiger partial charge in [-0.25, -0.2) is 74.6 Å². The summed E-state index contributed by atoms with van der Waals surface area (Å²) in [4.78, 5) is 120. The summed E-state index contributed by atoms with van der Waals surface area (Å²) in [6.07, 6.45) is 13.0. The minimum atomic E-state index is 0.0708. The van der Waals surface area contributed by atoms with E-state index in [1.54, 1.807) is 25.2 Å². The third-order valence-corrected chi connectivity index (χ3v) is 25.4. The minimum Gasteiger partial charge on any atom is -0.340 e. The molecule has 3 amide bonds. The molecule has 5 atom stereocenters. The SMILES string of the molecule is CC(C)c1ccnc(N2CCN(C(=O)N(C)C)CC2)n1.CC(C)c1ccnc(N2CCN(C(C)C)C[C@@H]2C)n1.CC(C)c1ccnc(N2CCN(C(C)C)[C@@H](C)C2)n1.CC(C)c1ccnc(N2CCN(C(C)C)[C@H](C)C2)n1.CC(C)c1ccnc(N2CCN(C)[C@@H](C)C2)n1.CC(C)c1ccnc(N2CCN(C)[C@H](C)C2)n1.CCN1CCN(c2nccc(C(C)C)n2)CC1=O. The maximum Gasteiger partial charge on any atom is 0.319 e. The number of amides is 3. The fourth-order valence-corrected chi connectivity index (χ4v) is 16.5. The summed E-state index contributed by atoms with van der Waals surface area (Å²) >= 11 is 0. The fourth-order valence-electron chi connectivity index (χ4n) is 16.5. The van der Waals surface area contributed by atoms with Crippen LogP contribution in [0.1, 0.15) is 261 Å². The highest BCUT2D eigenvalue weighted by molar-refractivity contribution is 5.82. The lowest BCUT2D eigenvalue weighted by molar-refractivity contribution is -0.130. The lowest BCUT2D eigenvalue weighted by Gasteiger charge is -2.42. The maximum absolute atomic E-state index is 11.9. The van der Waals surface area contributed by atoms with Gasteiger partial charge in [0.25, 0.3) is 0 Å². The Bertz CT molecular complexity index is 4310. The van der Waals surface area contributed by atoms with Crippen molar-refractivity contribution in [1.29, 1.82) is 0 Å². The molecule has 7 aromatic heterocycles. The molecule has 31 nitrogen and oxygen atoms in total. The smallest absolute Gasteiger partial charge is 0.319 e. The number of urea groups is 1. The zero-order valence-corrected chi connectivity index (χ0v) is 84.8. The van der Waals surface area contributed by atoms with Crippen LogP contribution < -0.4 is 34.3 Å². The van der Waals surface area contributed by atoms with Crippen LogP contribution in [-0.2, 0) is 4.79 Å². The summed E-state index contributed by atoms with van der Waals surface area (Å²) in [5.41, 5.74) is 7.71. The Labute approximate surface area is 776 Å². The largest absolute Gasteiger partial charge is 0.340 e. The molecule has 0 aliphatic carbocycles. The molecule has 0 N–H and O–H groups in total. The lowest BCUT2D eigenvalue weighted by atomic mass is 10.1. The van der Waals surface area contributed by atoms with Gasteiger partial charge in [-0.15, -0.1) is 0 Å². The number of likely N-dealkylation sites (N-methyl/N-ethyl adjacent to an activating group) is 3. The second kappa shape index (κ2) is 50.9. The molecule has 7 aliphatic rings. The molecular weight excluding hydrogens is 1620 g/mol. The molecule has 0 bridgehead atoms. The van der Waals surface area contributed by atoms with Crippen molar-refractivity contribution in [3.8, 4) is 0 Å². The van der Waals surface area contributed by atoms with Gasteiger partial charge in [-0.05, 0) is 181 Å². The Morgan fingerprint density at radius 3 is 0.876 bits per heavy atom. The second-order valence-corrected chi connectivity index (χ2v) is 39.0. The van der Waals surface area contributed by atoms with Gasteiger partial charge in [0.15, 0.2) is 0 Å². The molecule has 7 fully saturated rings. The molecule has 0 radical (unpaired) electrons. The minimum absolute atomic E-state index is 0.0708. The number of anilines is 7. The molecule has 714 valence electrons. The first-order valence-electron chi connectivity index (χ1n) is 48.2. The van der Waals surface area contributed by atoms with Crippen molar-refractivity contribution in [3.05, 3.63) is 126 Å². The predicted octanol–water partition coefficient (Wildman–Crippen LogP) is 13.7. The van der Waals surface area contributed by atoms with Crippen LogP contribution in [0, 0.1) is 0 Å². The van der Waals surface area contributed by atoms with Gasteiger partial charge >= 0.3 is 6.03 Å². The first-order valence-corrected chi connectivity index (χ1v) is 48.2. The van der Waals surface area contributed by atoms with Gasteiger partial charge in [-0.2, -0.15) is 0 Å². The molecule has 31 heteroatoms. The molecular formula is C98H165N29O2. The molecule has 7 aromatic rings. The summed E-state index contributed by atoms with van der Waals surface area (Å²) in [5, 5.41) is 0. The van der Waals surface area contributed by atoms with Crippen LogP contribution in [0.25, 0.3) is 0 Å². The van der Waals surface area contributed by atoms with E-state index in [4.69, 9.17) is 15.0 Å². The lowest BCUT2D eigenvalue weighted by Crippen LogP contribution is -2.54. The van der Waals surface area contributed by atoms with Crippen LogP contribution in [0.5, 0.6) is 0 Å².